The first-order valence-electron chi connectivity index (χ1n) is 9.12. The fourth-order valence-electron chi connectivity index (χ4n) is 2.96. The number of halogens is 1. The van der Waals surface area contributed by atoms with Crippen LogP contribution in [0, 0.1) is 0 Å². The van der Waals surface area contributed by atoms with Gasteiger partial charge in [0, 0.05) is 16.1 Å². The lowest BCUT2D eigenvalue weighted by Gasteiger charge is -2.13. The molecule has 1 heterocycles. The highest BCUT2D eigenvalue weighted by atomic mass is 35.5. The van der Waals surface area contributed by atoms with Gasteiger partial charge in [-0.2, -0.15) is 0 Å². The third-order valence-corrected chi connectivity index (χ3v) is 6.11. The molecule has 0 spiro atoms. The molecule has 0 unspecified atom stereocenters. The van der Waals surface area contributed by atoms with Gasteiger partial charge in [0.05, 0.1) is 17.7 Å². The lowest BCUT2D eigenvalue weighted by atomic mass is 10.2. The molecule has 31 heavy (non-hydrogen) atoms. The molecule has 4 aromatic rings. The van der Waals surface area contributed by atoms with Crippen LogP contribution in [0.3, 0.4) is 0 Å². The number of ether oxygens (including phenoxy) is 1. The van der Waals surface area contributed by atoms with Crippen LogP contribution < -0.4 is 14.8 Å². The molecule has 4 rings (SSSR count). The number of amides is 1. The van der Waals surface area contributed by atoms with Gasteiger partial charge in [0.15, 0.2) is 5.76 Å². The first kappa shape index (κ1) is 20.8. The fourth-order valence-corrected chi connectivity index (χ4v) is 4.17. The first-order chi connectivity index (χ1) is 14.9. The van der Waals surface area contributed by atoms with Crippen molar-refractivity contribution in [2.75, 3.05) is 17.1 Å². The number of benzene rings is 3. The molecular weight excluding hydrogens is 440 g/mol. The summed E-state index contributed by atoms with van der Waals surface area (Å²) in [7, 11) is -2.50. The standard InChI is InChI=1S/C22H17ClN2O5S/c1-29-20-11-10-17(31(27,28)25-16-8-6-15(23)7-9-16)13-18(20)24-22(26)21-12-14-4-2-3-5-19(14)30-21/h2-13,25H,1H3,(H,24,26). The van der Waals surface area contributed by atoms with Crippen LogP contribution in [0.25, 0.3) is 11.0 Å². The van der Waals surface area contributed by atoms with E-state index in [0.29, 0.717) is 22.0 Å². The number of nitrogens with one attached hydrogen (secondary N) is 2. The molecule has 158 valence electrons. The Morgan fingerprint density at radius 3 is 2.45 bits per heavy atom. The van der Waals surface area contributed by atoms with Crippen LogP contribution in [0.2, 0.25) is 5.02 Å². The quantitative estimate of drug-likeness (QED) is 0.418. The number of anilines is 2. The summed E-state index contributed by atoms with van der Waals surface area (Å²) in [5.41, 5.74) is 1.11. The average Bonchev–Trinajstić information content (AvgIpc) is 3.20. The van der Waals surface area contributed by atoms with E-state index in [1.165, 1.54) is 25.3 Å². The molecule has 0 radical (unpaired) electrons. The Morgan fingerprint density at radius 1 is 1.00 bits per heavy atom. The number of methoxy groups -OCH3 is 1. The van der Waals surface area contributed by atoms with Gasteiger partial charge in [-0.3, -0.25) is 9.52 Å². The van der Waals surface area contributed by atoms with Crippen molar-refractivity contribution in [3.05, 3.63) is 83.6 Å². The van der Waals surface area contributed by atoms with E-state index >= 15 is 0 Å². The number of carbonyl (C=O) groups is 1. The second kappa shape index (κ2) is 8.33. The lowest BCUT2D eigenvalue weighted by Crippen LogP contribution is -2.15. The molecule has 0 fully saturated rings. The third kappa shape index (κ3) is 4.50. The number of furan rings is 1. The van der Waals surface area contributed by atoms with Crippen molar-refractivity contribution in [2.24, 2.45) is 0 Å². The molecule has 0 aliphatic rings. The van der Waals surface area contributed by atoms with Crippen molar-refractivity contribution in [2.45, 2.75) is 4.90 Å². The molecule has 9 heteroatoms. The Kier molecular flexibility index (Phi) is 5.58. The Labute approximate surface area is 183 Å². The van der Waals surface area contributed by atoms with Gasteiger partial charge in [0.2, 0.25) is 0 Å². The largest absolute Gasteiger partial charge is 0.495 e. The molecule has 0 saturated carbocycles. The van der Waals surface area contributed by atoms with E-state index in [2.05, 4.69) is 10.0 Å². The van der Waals surface area contributed by atoms with Gasteiger partial charge in [-0.25, -0.2) is 8.42 Å². The van der Waals surface area contributed by atoms with Gasteiger partial charge in [0.25, 0.3) is 15.9 Å². The average molecular weight is 457 g/mol. The highest BCUT2D eigenvalue weighted by Crippen LogP contribution is 2.30. The molecular formula is C22H17ClN2O5S. The molecule has 0 aliphatic carbocycles. The smallest absolute Gasteiger partial charge is 0.291 e. The number of fused-ring (bicyclic) bond motifs is 1. The van der Waals surface area contributed by atoms with Crippen molar-refractivity contribution >= 4 is 49.9 Å². The summed E-state index contributed by atoms with van der Waals surface area (Å²) in [5, 5.41) is 3.92. The van der Waals surface area contributed by atoms with E-state index in [1.54, 1.807) is 42.5 Å². The van der Waals surface area contributed by atoms with Gasteiger partial charge in [-0.1, -0.05) is 29.8 Å². The molecule has 0 bridgehead atoms. The lowest BCUT2D eigenvalue weighted by molar-refractivity contribution is 0.0998. The maximum atomic E-state index is 12.8. The number of hydrogen-bond donors (Lipinski definition) is 2. The Balaban J connectivity index is 1.62. The minimum absolute atomic E-state index is 0.0526. The zero-order chi connectivity index (χ0) is 22.0. The van der Waals surface area contributed by atoms with Gasteiger partial charge in [-0.15, -0.1) is 0 Å². The maximum absolute atomic E-state index is 12.8. The zero-order valence-electron chi connectivity index (χ0n) is 16.3. The second-order valence-corrected chi connectivity index (χ2v) is 8.70. The van der Waals surface area contributed by atoms with Crippen LogP contribution >= 0.6 is 11.6 Å². The van der Waals surface area contributed by atoms with Crippen LogP contribution in [-0.2, 0) is 10.0 Å². The fraction of sp³-hybridized carbons (Fsp3) is 0.0455. The van der Waals surface area contributed by atoms with Gasteiger partial charge in [-0.05, 0) is 54.6 Å². The van der Waals surface area contributed by atoms with E-state index in [-0.39, 0.29) is 16.3 Å². The first-order valence-corrected chi connectivity index (χ1v) is 11.0. The zero-order valence-corrected chi connectivity index (χ0v) is 17.8. The number of rotatable bonds is 6. The Morgan fingerprint density at radius 2 is 1.74 bits per heavy atom. The van der Waals surface area contributed by atoms with Crippen molar-refractivity contribution in [1.29, 1.82) is 0 Å². The van der Waals surface area contributed by atoms with Crippen LogP contribution in [0.5, 0.6) is 5.75 Å². The second-order valence-electron chi connectivity index (χ2n) is 6.58. The van der Waals surface area contributed by atoms with Gasteiger partial charge < -0.3 is 14.5 Å². The summed E-state index contributed by atoms with van der Waals surface area (Å²) in [5.74, 6) is -0.139. The highest BCUT2D eigenvalue weighted by molar-refractivity contribution is 7.92. The van der Waals surface area contributed by atoms with E-state index in [0.717, 1.165) is 5.39 Å². The maximum Gasteiger partial charge on any atom is 0.291 e. The summed E-state index contributed by atoms with van der Waals surface area (Å²) in [4.78, 5) is 12.6. The molecule has 2 N–H and O–H groups in total. The summed E-state index contributed by atoms with van der Waals surface area (Å²) in [6, 6.07) is 19.2. The minimum atomic E-state index is -3.92. The van der Waals surface area contributed by atoms with Crippen molar-refractivity contribution in [1.82, 2.24) is 0 Å². The number of sulfonamides is 1. The molecule has 1 aromatic heterocycles. The van der Waals surface area contributed by atoms with E-state index in [4.69, 9.17) is 20.8 Å². The number of hydrogen-bond acceptors (Lipinski definition) is 5. The third-order valence-electron chi connectivity index (χ3n) is 4.48. The molecule has 7 nitrogen and oxygen atoms in total. The molecule has 0 atom stereocenters. The summed E-state index contributed by atoms with van der Waals surface area (Å²) < 4.78 is 38.9. The predicted octanol–water partition coefficient (Wildman–Crippen LogP) is 5.15. The van der Waals surface area contributed by atoms with Crippen molar-refractivity contribution in [3.8, 4) is 5.75 Å². The van der Waals surface area contributed by atoms with Crippen LogP contribution in [0.1, 0.15) is 10.6 Å². The highest BCUT2D eigenvalue weighted by Gasteiger charge is 2.19. The molecule has 0 saturated heterocycles. The Bertz CT molecular complexity index is 1330. The Hall–Kier alpha value is -3.49. The summed E-state index contributed by atoms with van der Waals surface area (Å²) in [6.07, 6.45) is 0. The minimum Gasteiger partial charge on any atom is -0.495 e. The number of para-hydroxylation sites is 1. The molecule has 1 amide bonds. The summed E-state index contributed by atoms with van der Waals surface area (Å²) >= 11 is 5.84. The number of carbonyl (C=O) groups excluding carboxylic acids is 1. The van der Waals surface area contributed by atoms with E-state index < -0.39 is 15.9 Å². The van der Waals surface area contributed by atoms with Gasteiger partial charge >= 0.3 is 0 Å². The molecule has 0 aliphatic heterocycles. The van der Waals surface area contributed by atoms with Crippen molar-refractivity contribution < 1.29 is 22.4 Å². The SMILES string of the molecule is COc1ccc(S(=O)(=O)Nc2ccc(Cl)cc2)cc1NC(=O)c1cc2ccccc2o1. The normalized spacial score (nSPS) is 11.3. The van der Waals surface area contributed by atoms with E-state index in [1.807, 2.05) is 12.1 Å². The summed E-state index contributed by atoms with van der Waals surface area (Å²) in [6.45, 7) is 0. The predicted molar refractivity (Wildman–Crippen MR) is 119 cm³/mol. The van der Waals surface area contributed by atoms with Gasteiger partial charge in [0.1, 0.15) is 11.3 Å². The van der Waals surface area contributed by atoms with E-state index in [9.17, 15) is 13.2 Å². The van der Waals surface area contributed by atoms with Crippen LogP contribution in [0.15, 0.2) is 82.1 Å². The monoisotopic (exact) mass is 456 g/mol. The van der Waals surface area contributed by atoms with Crippen LogP contribution in [-0.4, -0.2) is 21.4 Å². The van der Waals surface area contributed by atoms with Crippen molar-refractivity contribution in [3.63, 3.8) is 0 Å². The van der Waals surface area contributed by atoms with Crippen LogP contribution in [0.4, 0.5) is 11.4 Å². The molecule has 3 aromatic carbocycles. The topological polar surface area (TPSA) is 97.6 Å².